The molecule has 1 amide bonds. The Morgan fingerprint density at radius 3 is 2.16 bits per heavy atom. The highest BCUT2D eigenvalue weighted by molar-refractivity contribution is 7.98. The summed E-state index contributed by atoms with van der Waals surface area (Å²) in [5.41, 5.74) is 0.445. The average molecular weight is 463 g/mol. The van der Waals surface area contributed by atoms with Crippen molar-refractivity contribution in [3.8, 4) is 5.75 Å². The number of amides is 1. The van der Waals surface area contributed by atoms with Crippen molar-refractivity contribution < 1.29 is 17.9 Å². The van der Waals surface area contributed by atoms with Crippen molar-refractivity contribution in [2.24, 2.45) is 0 Å². The SMILES string of the molecule is CCOc1ccc(N(CC(=O)N2CCCCCC2)S(=O)(=O)c2ccc(SC)cc2)cc1. The molecule has 3 rings (SSSR count). The lowest BCUT2D eigenvalue weighted by atomic mass is 10.2. The first kappa shape index (κ1) is 23.5. The third-order valence-corrected chi connectivity index (χ3v) is 7.85. The van der Waals surface area contributed by atoms with Crippen molar-refractivity contribution in [1.82, 2.24) is 4.90 Å². The van der Waals surface area contributed by atoms with Gasteiger partial charge in [0, 0.05) is 18.0 Å². The minimum atomic E-state index is -3.91. The molecule has 0 atom stereocenters. The molecule has 2 aromatic rings. The minimum absolute atomic E-state index is 0.167. The molecule has 0 aromatic heterocycles. The van der Waals surface area contributed by atoms with Crippen molar-refractivity contribution in [2.45, 2.75) is 42.4 Å². The maximum absolute atomic E-state index is 13.5. The number of ether oxygens (including phenoxy) is 1. The van der Waals surface area contributed by atoms with E-state index in [1.54, 1.807) is 65.2 Å². The zero-order valence-electron chi connectivity index (χ0n) is 18.1. The fourth-order valence-corrected chi connectivity index (χ4v) is 5.43. The molecule has 0 aliphatic carbocycles. The number of anilines is 1. The van der Waals surface area contributed by atoms with Crippen LogP contribution in [0.1, 0.15) is 32.6 Å². The zero-order valence-corrected chi connectivity index (χ0v) is 19.8. The van der Waals surface area contributed by atoms with Gasteiger partial charge in [-0.2, -0.15) is 0 Å². The monoisotopic (exact) mass is 462 g/mol. The molecule has 1 fully saturated rings. The van der Waals surface area contributed by atoms with E-state index in [4.69, 9.17) is 4.74 Å². The first-order chi connectivity index (χ1) is 15.0. The number of benzene rings is 2. The van der Waals surface area contributed by atoms with Gasteiger partial charge in [-0.15, -0.1) is 11.8 Å². The van der Waals surface area contributed by atoms with Crippen LogP contribution in [0.2, 0.25) is 0 Å². The smallest absolute Gasteiger partial charge is 0.264 e. The summed E-state index contributed by atoms with van der Waals surface area (Å²) in [6, 6.07) is 13.6. The Kier molecular flexibility index (Phi) is 8.26. The Morgan fingerprint density at radius 1 is 1.00 bits per heavy atom. The summed E-state index contributed by atoms with van der Waals surface area (Å²) in [4.78, 5) is 16.0. The fourth-order valence-electron chi connectivity index (χ4n) is 3.61. The summed E-state index contributed by atoms with van der Waals surface area (Å²) >= 11 is 1.55. The van der Waals surface area contributed by atoms with Crippen LogP contribution in [0.3, 0.4) is 0 Å². The lowest BCUT2D eigenvalue weighted by Crippen LogP contribution is -2.43. The molecule has 2 aromatic carbocycles. The molecule has 1 saturated heterocycles. The summed E-state index contributed by atoms with van der Waals surface area (Å²) < 4.78 is 33.8. The average Bonchev–Trinajstić information content (AvgIpc) is 3.08. The number of hydrogen-bond acceptors (Lipinski definition) is 5. The first-order valence-corrected chi connectivity index (χ1v) is 13.3. The van der Waals surface area contributed by atoms with Crippen LogP contribution in [0.5, 0.6) is 5.75 Å². The highest BCUT2D eigenvalue weighted by Gasteiger charge is 2.29. The van der Waals surface area contributed by atoms with Gasteiger partial charge in [0.2, 0.25) is 5.91 Å². The van der Waals surface area contributed by atoms with Crippen molar-refractivity contribution >= 4 is 33.4 Å². The minimum Gasteiger partial charge on any atom is -0.494 e. The second-order valence-electron chi connectivity index (χ2n) is 7.41. The van der Waals surface area contributed by atoms with E-state index in [1.807, 2.05) is 13.2 Å². The summed E-state index contributed by atoms with van der Waals surface area (Å²) in [6.45, 7) is 3.55. The van der Waals surface area contributed by atoms with Crippen LogP contribution in [0.4, 0.5) is 5.69 Å². The summed E-state index contributed by atoms with van der Waals surface area (Å²) in [7, 11) is -3.91. The number of carbonyl (C=O) groups is 1. The Morgan fingerprint density at radius 2 is 1.61 bits per heavy atom. The molecular formula is C23H30N2O4S2. The van der Waals surface area contributed by atoms with Gasteiger partial charge < -0.3 is 9.64 Å². The number of likely N-dealkylation sites (tertiary alicyclic amines) is 1. The summed E-state index contributed by atoms with van der Waals surface area (Å²) in [5, 5.41) is 0. The normalized spacial score (nSPS) is 14.7. The van der Waals surface area contributed by atoms with Crippen LogP contribution in [-0.4, -0.2) is 51.7 Å². The van der Waals surface area contributed by atoms with Crippen molar-refractivity contribution in [1.29, 1.82) is 0 Å². The van der Waals surface area contributed by atoms with E-state index in [2.05, 4.69) is 0 Å². The molecule has 1 aliphatic rings. The Balaban J connectivity index is 1.93. The molecule has 0 radical (unpaired) electrons. The molecule has 1 aliphatic heterocycles. The van der Waals surface area contributed by atoms with E-state index in [0.29, 0.717) is 31.1 Å². The number of rotatable bonds is 8. The van der Waals surface area contributed by atoms with Gasteiger partial charge in [0.05, 0.1) is 17.2 Å². The van der Waals surface area contributed by atoms with Crippen molar-refractivity contribution in [3.63, 3.8) is 0 Å². The number of carbonyl (C=O) groups excluding carboxylic acids is 1. The first-order valence-electron chi connectivity index (χ1n) is 10.6. The third kappa shape index (κ3) is 5.95. The Labute approximate surface area is 189 Å². The zero-order chi connectivity index (χ0) is 22.3. The molecular weight excluding hydrogens is 432 g/mol. The van der Waals surface area contributed by atoms with Gasteiger partial charge in [-0.3, -0.25) is 9.10 Å². The van der Waals surface area contributed by atoms with Gasteiger partial charge in [-0.25, -0.2) is 8.42 Å². The van der Waals surface area contributed by atoms with Crippen LogP contribution in [0.15, 0.2) is 58.3 Å². The van der Waals surface area contributed by atoms with E-state index in [0.717, 1.165) is 30.6 Å². The topological polar surface area (TPSA) is 66.9 Å². The van der Waals surface area contributed by atoms with Crippen molar-refractivity contribution in [2.75, 3.05) is 36.8 Å². The lowest BCUT2D eigenvalue weighted by molar-refractivity contribution is -0.129. The maximum atomic E-state index is 13.5. The van der Waals surface area contributed by atoms with Gasteiger partial charge in [-0.1, -0.05) is 12.8 Å². The van der Waals surface area contributed by atoms with Crippen LogP contribution < -0.4 is 9.04 Å². The predicted octanol–water partition coefficient (Wildman–Crippen LogP) is 4.41. The molecule has 6 nitrogen and oxygen atoms in total. The molecule has 0 spiro atoms. The highest BCUT2D eigenvalue weighted by Crippen LogP contribution is 2.27. The third-order valence-electron chi connectivity index (χ3n) is 5.32. The summed E-state index contributed by atoms with van der Waals surface area (Å²) in [5.74, 6) is 0.492. The lowest BCUT2D eigenvalue weighted by Gasteiger charge is -2.28. The largest absolute Gasteiger partial charge is 0.494 e. The quantitative estimate of drug-likeness (QED) is 0.544. The molecule has 0 unspecified atom stereocenters. The molecule has 1 heterocycles. The maximum Gasteiger partial charge on any atom is 0.264 e. The Bertz CT molecular complexity index is 952. The van der Waals surface area contributed by atoms with Gasteiger partial charge in [-0.05, 0) is 74.6 Å². The number of sulfonamides is 1. The predicted molar refractivity (Wildman–Crippen MR) is 125 cm³/mol. The van der Waals surface area contributed by atoms with Gasteiger partial charge in [0.15, 0.2) is 0 Å². The van der Waals surface area contributed by atoms with E-state index < -0.39 is 10.0 Å². The standard InChI is InChI=1S/C23H30N2O4S2/c1-3-29-20-10-8-19(9-11-20)25(18-23(26)24-16-6-4-5-7-17-24)31(27,28)22-14-12-21(30-2)13-15-22/h8-15H,3-7,16-18H2,1-2H3. The number of nitrogens with zero attached hydrogens (tertiary/aromatic N) is 2. The second kappa shape index (κ2) is 10.9. The molecule has 0 bridgehead atoms. The molecule has 0 saturated carbocycles. The van der Waals surface area contributed by atoms with Gasteiger partial charge in [0.1, 0.15) is 12.3 Å². The fraction of sp³-hybridized carbons (Fsp3) is 0.435. The van der Waals surface area contributed by atoms with Crippen molar-refractivity contribution in [3.05, 3.63) is 48.5 Å². The summed E-state index contributed by atoms with van der Waals surface area (Å²) in [6.07, 6.45) is 6.06. The molecule has 31 heavy (non-hydrogen) atoms. The van der Waals surface area contributed by atoms with E-state index >= 15 is 0 Å². The van der Waals surface area contributed by atoms with Gasteiger partial charge in [0.25, 0.3) is 10.0 Å². The van der Waals surface area contributed by atoms with Crippen LogP contribution in [0, 0.1) is 0 Å². The van der Waals surface area contributed by atoms with Crippen LogP contribution >= 0.6 is 11.8 Å². The van der Waals surface area contributed by atoms with Gasteiger partial charge >= 0.3 is 0 Å². The number of hydrogen-bond donors (Lipinski definition) is 0. The molecule has 0 N–H and O–H groups in total. The van der Waals surface area contributed by atoms with Crippen LogP contribution in [-0.2, 0) is 14.8 Å². The highest BCUT2D eigenvalue weighted by atomic mass is 32.2. The van der Waals surface area contributed by atoms with Crippen LogP contribution in [0.25, 0.3) is 0 Å². The van der Waals surface area contributed by atoms with E-state index in [9.17, 15) is 13.2 Å². The van der Waals surface area contributed by atoms with E-state index in [-0.39, 0.29) is 17.3 Å². The Hall–Kier alpha value is -2.19. The molecule has 168 valence electrons. The van der Waals surface area contributed by atoms with E-state index in [1.165, 1.54) is 4.31 Å². The molecule has 8 heteroatoms. The number of thioether (sulfide) groups is 1. The second-order valence-corrected chi connectivity index (χ2v) is 10.2.